The van der Waals surface area contributed by atoms with Crippen LogP contribution >= 0.6 is 0 Å². The number of nitrogens with two attached hydrogens (primary N) is 1. The summed E-state index contributed by atoms with van der Waals surface area (Å²) in [5.41, 5.74) is 6.52. The Hall–Kier alpha value is -1.56. The van der Waals surface area contributed by atoms with Crippen molar-refractivity contribution in [1.29, 1.82) is 0 Å². The number of methoxy groups -OCH3 is 1. The molecule has 0 aliphatic carbocycles. The number of anilines is 2. The molecule has 0 bridgehead atoms. The predicted molar refractivity (Wildman–Crippen MR) is 72.0 cm³/mol. The fourth-order valence-electron chi connectivity index (χ4n) is 1.56. The van der Waals surface area contributed by atoms with Crippen LogP contribution in [0.5, 0.6) is 5.88 Å². The molecule has 102 valence electrons. The molecule has 0 saturated carbocycles. The van der Waals surface area contributed by atoms with Crippen molar-refractivity contribution < 1.29 is 9.47 Å². The zero-order valence-electron chi connectivity index (χ0n) is 11.5. The van der Waals surface area contributed by atoms with Crippen molar-refractivity contribution in [3.05, 3.63) is 6.33 Å². The van der Waals surface area contributed by atoms with E-state index in [1.54, 1.807) is 7.11 Å². The highest BCUT2D eigenvalue weighted by atomic mass is 16.5. The van der Waals surface area contributed by atoms with E-state index in [9.17, 15) is 0 Å². The van der Waals surface area contributed by atoms with Gasteiger partial charge < -0.3 is 20.1 Å². The second-order valence-electron chi connectivity index (χ2n) is 4.16. The fourth-order valence-corrected chi connectivity index (χ4v) is 1.56. The number of nitrogens with zero attached hydrogens (tertiary/aromatic N) is 3. The van der Waals surface area contributed by atoms with E-state index in [1.165, 1.54) is 6.33 Å². The van der Waals surface area contributed by atoms with Gasteiger partial charge in [0.15, 0.2) is 5.82 Å². The molecule has 0 atom stereocenters. The average molecular weight is 254 g/mol. The van der Waals surface area contributed by atoms with Crippen molar-refractivity contribution in [2.24, 2.45) is 0 Å². The second-order valence-corrected chi connectivity index (χ2v) is 4.16. The number of hydrogen-bond donors (Lipinski definition) is 1. The molecule has 0 aromatic carbocycles. The van der Waals surface area contributed by atoms with Gasteiger partial charge in [-0.3, -0.25) is 0 Å². The molecule has 0 aliphatic rings. The normalized spacial score (nSPS) is 10.7. The van der Waals surface area contributed by atoms with E-state index < -0.39 is 0 Å². The van der Waals surface area contributed by atoms with Gasteiger partial charge in [-0.1, -0.05) is 0 Å². The summed E-state index contributed by atoms with van der Waals surface area (Å²) >= 11 is 0. The summed E-state index contributed by atoms with van der Waals surface area (Å²) in [5.74, 6) is 1.13. The molecular weight excluding hydrogens is 232 g/mol. The van der Waals surface area contributed by atoms with Gasteiger partial charge in [-0.15, -0.1) is 0 Å². The SMILES string of the molecule is CCN(CCOC)c1ncnc(OC(C)C)c1N. The molecule has 1 heterocycles. The monoisotopic (exact) mass is 254 g/mol. The Bertz CT molecular complexity index is 371. The molecule has 0 amide bonds. The number of hydrogen-bond acceptors (Lipinski definition) is 6. The summed E-state index contributed by atoms with van der Waals surface area (Å²) in [7, 11) is 1.67. The van der Waals surface area contributed by atoms with Crippen LogP contribution in [-0.2, 0) is 4.74 Å². The van der Waals surface area contributed by atoms with E-state index in [2.05, 4.69) is 9.97 Å². The standard InChI is InChI=1S/C12H22N4O2/c1-5-16(6-7-17-4)11-10(13)12(15-8-14-11)18-9(2)3/h8-9H,5-7,13H2,1-4H3. The minimum absolute atomic E-state index is 0.0316. The van der Waals surface area contributed by atoms with Crippen molar-refractivity contribution in [3.8, 4) is 5.88 Å². The summed E-state index contributed by atoms with van der Waals surface area (Å²) in [5, 5.41) is 0. The summed E-state index contributed by atoms with van der Waals surface area (Å²) in [6.45, 7) is 8.06. The Kier molecular flexibility index (Phi) is 5.64. The van der Waals surface area contributed by atoms with Gasteiger partial charge in [0.2, 0.25) is 5.88 Å². The fraction of sp³-hybridized carbons (Fsp3) is 0.667. The number of rotatable bonds is 7. The molecule has 2 N–H and O–H groups in total. The molecule has 1 aromatic rings. The predicted octanol–water partition coefficient (Wildman–Crippen LogP) is 1.32. The highest BCUT2D eigenvalue weighted by Gasteiger charge is 2.15. The van der Waals surface area contributed by atoms with Gasteiger partial charge in [0, 0.05) is 20.2 Å². The molecule has 1 aromatic heterocycles. The minimum atomic E-state index is 0.0316. The maximum Gasteiger partial charge on any atom is 0.242 e. The van der Waals surface area contributed by atoms with Gasteiger partial charge in [-0.25, -0.2) is 4.98 Å². The molecule has 18 heavy (non-hydrogen) atoms. The number of aromatic nitrogens is 2. The Balaban J connectivity index is 2.93. The van der Waals surface area contributed by atoms with Crippen LogP contribution in [0.3, 0.4) is 0 Å². The third-order valence-electron chi connectivity index (χ3n) is 2.42. The smallest absolute Gasteiger partial charge is 0.242 e. The zero-order chi connectivity index (χ0) is 13.5. The van der Waals surface area contributed by atoms with Gasteiger partial charge in [-0.05, 0) is 20.8 Å². The molecule has 0 fully saturated rings. The molecule has 0 unspecified atom stereocenters. The van der Waals surface area contributed by atoms with Crippen LogP contribution in [0, 0.1) is 0 Å². The van der Waals surface area contributed by atoms with Crippen LogP contribution in [0.4, 0.5) is 11.5 Å². The van der Waals surface area contributed by atoms with E-state index >= 15 is 0 Å². The Labute approximate surface area is 108 Å². The lowest BCUT2D eigenvalue weighted by atomic mass is 10.4. The minimum Gasteiger partial charge on any atom is -0.473 e. The molecular formula is C12H22N4O2. The number of ether oxygens (including phenoxy) is 2. The lowest BCUT2D eigenvalue weighted by Crippen LogP contribution is -2.29. The third kappa shape index (κ3) is 3.73. The van der Waals surface area contributed by atoms with E-state index in [0.717, 1.165) is 13.1 Å². The van der Waals surface area contributed by atoms with Crippen LogP contribution in [0.2, 0.25) is 0 Å². The van der Waals surface area contributed by atoms with Crippen molar-refractivity contribution in [3.63, 3.8) is 0 Å². The highest BCUT2D eigenvalue weighted by Crippen LogP contribution is 2.28. The maximum absolute atomic E-state index is 6.05. The van der Waals surface area contributed by atoms with E-state index in [4.69, 9.17) is 15.2 Å². The van der Waals surface area contributed by atoms with Gasteiger partial charge in [0.05, 0.1) is 12.7 Å². The van der Waals surface area contributed by atoms with Crippen molar-refractivity contribution in [2.45, 2.75) is 26.9 Å². The summed E-state index contributed by atoms with van der Waals surface area (Å²) in [6.07, 6.45) is 1.50. The van der Waals surface area contributed by atoms with Crippen LogP contribution in [0.1, 0.15) is 20.8 Å². The largest absolute Gasteiger partial charge is 0.473 e. The van der Waals surface area contributed by atoms with Crippen molar-refractivity contribution in [2.75, 3.05) is 37.4 Å². The average Bonchev–Trinajstić information content (AvgIpc) is 2.33. The van der Waals surface area contributed by atoms with Gasteiger partial charge >= 0.3 is 0 Å². The lowest BCUT2D eigenvalue weighted by molar-refractivity contribution is 0.205. The second kappa shape index (κ2) is 7.00. The van der Waals surface area contributed by atoms with Crippen LogP contribution in [-0.4, -0.2) is 42.9 Å². The first-order valence-corrected chi connectivity index (χ1v) is 6.11. The van der Waals surface area contributed by atoms with E-state index in [1.807, 2.05) is 25.7 Å². The Morgan fingerprint density at radius 2 is 2.11 bits per heavy atom. The third-order valence-corrected chi connectivity index (χ3v) is 2.42. The first-order valence-electron chi connectivity index (χ1n) is 6.11. The van der Waals surface area contributed by atoms with Gasteiger partial charge in [0.1, 0.15) is 12.0 Å². The number of nitrogen functional groups attached to an aromatic ring is 1. The van der Waals surface area contributed by atoms with Crippen LogP contribution in [0.15, 0.2) is 6.33 Å². The molecule has 1 rings (SSSR count). The zero-order valence-corrected chi connectivity index (χ0v) is 11.5. The summed E-state index contributed by atoms with van der Waals surface area (Å²) < 4.78 is 10.6. The molecule has 6 heteroatoms. The van der Waals surface area contributed by atoms with Crippen molar-refractivity contribution >= 4 is 11.5 Å². The van der Waals surface area contributed by atoms with Crippen LogP contribution < -0.4 is 15.4 Å². The molecule has 0 spiro atoms. The first-order chi connectivity index (χ1) is 8.60. The topological polar surface area (TPSA) is 73.5 Å². The van der Waals surface area contributed by atoms with E-state index in [-0.39, 0.29) is 6.10 Å². The summed E-state index contributed by atoms with van der Waals surface area (Å²) in [4.78, 5) is 10.3. The molecule has 0 radical (unpaired) electrons. The molecule has 0 aliphatic heterocycles. The van der Waals surface area contributed by atoms with E-state index in [0.29, 0.717) is 24.0 Å². The Morgan fingerprint density at radius 1 is 1.39 bits per heavy atom. The molecule has 0 saturated heterocycles. The highest BCUT2D eigenvalue weighted by molar-refractivity contribution is 5.67. The van der Waals surface area contributed by atoms with Crippen molar-refractivity contribution in [1.82, 2.24) is 9.97 Å². The first kappa shape index (κ1) is 14.5. The van der Waals surface area contributed by atoms with Crippen LogP contribution in [0.25, 0.3) is 0 Å². The maximum atomic E-state index is 6.05. The van der Waals surface area contributed by atoms with Gasteiger partial charge in [-0.2, -0.15) is 4.98 Å². The lowest BCUT2D eigenvalue weighted by Gasteiger charge is -2.23. The molecule has 6 nitrogen and oxygen atoms in total. The van der Waals surface area contributed by atoms with Gasteiger partial charge in [0.25, 0.3) is 0 Å². The summed E-state index contributed by atoms with van der Waals surface area (Å²) in [6, 6.07) is 0. The number of likely N-dealkylation sites (N-methyl/N-ethyl adjacent to an activating group) is 1. The quantitative estimate of drug-likeness (QED) is 0.791. The Morgan fingerprint density at radius 3 is 2.67 bits per heavy atom.